The van der Waals surface area contributed by atoms with Gasteiger partial charge in [0, 0.05) is 24.4 Å². The van der Waals surface area contributed by atoms with Crippen LogP contribution in [0, 0.1) is 6.92 Å². The maximum atomic E-state index is 14.4. The van der Waals surface area contributed by atoms with Gasteiger partial charge in [-0.15, -0.1) is 0 Å². The van der Waals surface area contributed by atoms with Crippen molar-refractivity contribution in [2.45, 2.75) is 64.1 Å². The molecule has 1 saturated carbocycles. The Labute approximate surface area is 260 Å². The Hall–Kier alpha value is -4.17. The van der Waals surface area contributed by atoms with Crippen molar-refractivity contribution in [2.24, 2.45) is 0 Å². The average molecular weight is 612 g/mol. The van der Waals surface area contributed by atoms with Crippen LogP contribution in [0.4, 0.5) is 5.69 Å². The van der Waals surface area contributed by atoms with Crippen LogP contribution < -0.4 is 9.62 Å². The van der Waals surface area contributed by atoms with E-state index in [0.717, 1.165) is 65.8 Å². The number of sulfonamides is 1. The largest absolute Gasteiger partial charge is 0.352 e. The highest BCUT2D eigenvalue weighted by molar-refractivity contribution is 7.92. The molecule has 8 heteroatoms. The minimum Gasteiger partial charge on any atom is -0.352 e. The molecular weight excluding hydrogens is 570 g/mol. The predicted octanol–water partition coefficient (Wildman–Crippen LogP) is 6.00. The zero-order valence-electron chi connectivity index (χ0n) is 25.5. The number of carbonyl (C=O) groups is 2. The smallest absolute Gasteiger partial charge is 0.244 e. The van der Waals surface area contributed by atoms with E-state index in [-0.39, 0.29) is 18.5 Å². The third kappa shape index (κ3) is 7.85. The van der Waals surface area contributed by atoms with E-state index < -0.39 is 28.5 Å². The summed E-state index contributed by atoms with van der Waals surface area (Å²) in [4.78, 5) is 30.1. The summed E-state index contributed by atoms with van der Waals surface area (Å²) in [5, 5.41) is 4.85. The zero-order valence-corrected chi connectivity index (χ0v) is 26.3. The molecule has 4 aromatic rings. The molecule has 1 N–H and O–H groups in total. The number of benzene rings is 4. The lowest BCUT2D eigenvalue weighted by molar-refractivity contribution is -0.140. The van der Waals surface area contributed by atoms with Gasteiger partial charge in [-0.3, -0.25) is 13.9 Å². The van der Waals surface area contributed by atoms with Crippen LogP contribution in [0.1, 0.15) is 48.8 Å². The summed E-state index contributed by atoms with van der Waals surface area (Å²) in [6.07, 6.45) is 6.54. The number of nitrogens with zero attached hydrogens (tertiary/aromatic N) is 2. The first-order valence-electron chi connectivity index (χ1n) is 15.3. The van der Waals surface area contributed by atoms with Crippen LogP contribution in [0.15, 0.2) is 97.1 Å². The summed E-state index contributed by atoms with van der Waals surface area (Å²) in [5.41, 5.74) is 3.30. The fraction of sp³-hybridized carbons (Fsp3) is 0.333. The predicted molar refractivity (Wildman–Crippen MR) is 177 cm³/mol. The number of nitrogens with one attached hydrogen (secondary N) is 1. The number of hydrogen-bond acceptors (Lipinski definition) is 4. The summed E-state index contributed by atoms with van der Waals surface area (Å²) in [7, 11) is -3.86. The molecule has 0 spiro atoms. The third-order valence-electron chi connectivity index (χ3n) is 8.41. The highest BCUT2D eigenvalue weighted by Crippen LogP contribution is 2.29. The molecule has 0 aliphatic heterocycles. The monoisotopic (exact) mass is 611 g/mol. The van der Waals surface area contributed by atoms with Gasteiger partial charge in [0.05, 0.1) is 11.9 Å². The van der Waals surface area contributed by atoms with Gasteiger partial charge >= 0.3 is 0 Å². The van der Waals surface area contributed by atoms with E-state index in [9.17, 15) is 18.0 Å². The van der Waals surface area contributed by atoms with Gasteiger partial charge in [-0.25, -0.2) is 8.42 Å². The Kier molecular flexibility index (Phi) is 10.0. The summed E-state index contributed by atoms with van der Waals surface area (Å²) in [5.74, 6) is -0.652. The molecule has 1 atom stereocenters. The SMILES string of the molecule is Cc1ccc(CN(C(=O)CN(c2cccc3ccccc23)S(C)(=O)=O)[C@@H](Cc2ccccc2)C(=O)NC2CCCCC2)cc1. The average Bonchev–Trinajstić information content (AvgIpc) is 3.02. The van der Waals surface area contributed by atoms with Gasteiger partial charge in [-0.2, -0.15) is 0 Å². The van der Waals surface area contributed by atoms with E-state index in [0.29, 0.717) is 12.1 Å². The van der Waals surface area contributed by atoms with Gasteiger partial charge < -0.3 is 10.2 Å². The van der Waals surface area contributed by atoms with Crippen LogP contribution in [0.2, 0.25) is 0 Å². The second kappa shape index (κ2) is 14.1. The van der Waals surface area contributed by atoms with Crippen LogP contribution in [0.3, 0.4) is 0 Å². The molecule has 230 valence electrons. The molecule has 4 aromatic carbocycles. The molecule has 0 radical (unpaired) electrons. The number of aryl methyl sites for hydroxylation is 1. The van der Waals surface area contributed by atoms with Gasteiger partial charge in [0.2, 0.25) is 21.8 Å². The number of fused-ring (bicyclic) bond motifs is 1. The van der Waals surface area contributed by atoms with Crippen LogP contribution >= 0.6 is 0 Å². The Balaban J connectivity index is 1.54. The minimum atomic E-state index is -3.86. The fourth-order valence-corrected chi connectivity index (χ4v) is 6.87. The van der Waals surface area contributed by atoms with E-state index >= 15 is 0 Å². The molecule has 5 rings (SSSR count). The van der Waals surface area contributed by atoms with Crippen LogP contribution in [-0.4, -0.2) is 50.0 Å². The number of hydrogen-bond donors (Lipinski definition) is 1. The van der Waals surface area contributed by atoms with Gasteiger partial charge in [0.25, 0.3) is 0 Å². The summed E-state index contributed by atoms with van der Waals surface area (Å²) in [6.45, 7) is 1.74. The first kappa shape index (κ1) is 31.3. The van der Waals surface area contributed by atoms with Crippen molar-refractivity contribution >= 4 is 38.3 Å². The van der Waals surface area contributed by atoms with Crippen LogP contribution in [0.5, 0.6) is 0 Å². The molecule has 1 aliphatic carbocycles. The molecule has 1 fully saturated rings. The van der Waals surface area contributed by atoms with Crippen molar-refractivity contribution in [3.8, 4) is 0 Å². The first-order chi connectivity index (χ1) is 21.2. The van der Waals surface area contributed by atoms with Crippen molar-refractivity contribution < 1.29 is 18.0 Å². The van der Waals surface area contributed by atoms with Crippen molar-refractivity contribution in [1.29, 1.82) is 0 Å². The Morgan fingerprint density at radius 1 is 0.818 bits per heavy atom. The number of rotatable bonds is 11. The lowest BCUT2D eigenvalue weighted by atomic mass is 9.94. The molecule has 0 heterocycles. The molecule has 2 amide bonds. The lowest BCUT2D eigenvalue weighted by Gasteiger charge is -2.35. The molecule has 0 saturated heterocycles. The Bertz CT molecular complexity index is 1680. The van der Waals surface area contributed by atoms with E-state index in [1.165, 1.54) is 4.31 Å². The summed E-state index contributed by atoms with van der Waals surface area (Å²) in [6, 6.07) is 29.7. The number of amides is 2. The molecule has 1 aliphatic rings. The van der Waals surface area contributed by atoms with Gasteiger partial charge in [0.1, 0.15) is 12.6 Å². The number of carbonyl (C=O) groups excluding carboxylic acids is 2. The highest BCUT2D eigenvalue weighted by atomic mass is 32.2. The number of anilines is 1. The summed E-state index contributed by atoms with van der Waals surface area (Å²) < 4.78 is 27.7. The quantitative estimate of drug-likeness (QED) is 0.225. The Morgan fingerprint density at radius 3 is 2.18 bits per heavy atom. The molecular formula is C36H41N3O4S. The molecule has 0 aromatic heterocycles. The second-order valence-corrected chi connectivity index (χ2v) is 13.7. The van der Waals surface area contributed by atoms with Crippen molar-refractivity contribution in [3.05, 3.63) is 114 Å². The van der Waals surface area contributed by atoms with Crippen molar-refractivity contribution in [1.82, 2.24) is 10.2 Å². The van der Waals surface area contributed by atoms with E-state index in [1.54, 1.807) is 17.0 Å². The van der Waals surface area contributed by atoms with E-state index in [2.05, 4.69) is 5.32 Å². The molecule has 0 bridgehead atoms. The van der Waals surface area contributed by atoms with Gasteiger partial charge in [-0.05, 0) is 42.3 Å². The topological polar surface area (TPSA) is 86.8 Å². The van der Waals surface area contributed by atoms with Gasteiger partial charge in [-0.1, -0.05) is 116 Å². The fourth-order valence-electron chi connectivity index (χ4n) is 6.01. The first-order valence-corrected chi connectivity index (χ1v) is 17.2. The van der Waals surface area contributed by atoms with E-state index in [1.807, 2.05) is 91.9 Å². The normalized spacial score (nSPS) is 14.6. The Morgan fingerprint density at radius 2 is 1.48 bits per heavy atom. The highest BCUT2D eigenvalue weighted by Gasteiger charge is 2.34. The summed E-state index contributed by atoms with van der Waals surface area (Å²) >= 11 is 0. The van der Waals surface area contributed by atoms with Crippen LogP contribution in [-0.2, 0) is 32.6 Å². The van der Waals surface area contributed by atoms with Crippen molar-refractivity contribution in [2.75, 3.05) is 17.1 Å². The lowest BCUT2D eigenvalue weighted by Crippen LogP contribution is -2.55. The van der Waals surface area contributed by atoms with Crippen LogP contribution in [0.25, 0.3) is 10.8 Å². The van der Waals surface area contributed by atoms with Gasteiger partial charge in [0.15, 0.2) is 0 Å². The minimum absolute atomic E-state index is 0.0639. The maximum Gasteiger partial charge on any atom is 0.244 e. The van der Waals surface area contributed by atoms with E-state index in [4.69, 9.17) is 0 Å². The second-order valence-electron chi connectivity index (χ2n) is 11.8. The third-order valence-corrected chi connectivity index (χ3v) is 9.54. The maximum absolute atomic E-state index is 14.4. The zero-order chi connectivity index (χ0) is 31.1. The molecule has 0 unspecified atom stereocenters. The standard InChI is InChI=1S/C36H41N3O4S/c1-27-20-22-29(23-21-27)25-38(34(24-28-12-5-3-6-13-28)36(41)37-31-16-7-4-8-17-31)35(40)26-39(44(2,42)43)33-19-11-15-30-14-9-10-18-32(30)33/h3,5-6,9-15,18-23,31,34H,4,7-8,16-17,24-26H2,1-2H3,(H,37,41)/t34-/m0/s1. The van der Waals surface area contributed by atoms with Crippen molar-refractivity contribution in [3.63, 3.8) is 0 Å². The molecule has 7 nitrogen and oxygen atoms in total. The molecule has 44 heavy (non-hydrogen) atoms.